The molecule has 1 aliphatic rings. The van der Waals surface area contributed by atoms with Crippen LogP contribution in [0.15, 0.2) is 24.3 Å². The summed E-state index contributed by atoms with van der Waals surface area (Å²) in [6.07, 6.45) is 0. The molecule has 0 spiro atoms. The van der Waals surface area contributed by atoms with Gasteiger partial charge in [-0.15, -0.1) is 0 Å². The van der Waals surface area contributed by atoms with Crippen LogP contribution < -0.4 is 5.32 Å². The van der Waals surface area contributed by atoms with Gasteiger partial charge in [0.25, 0.3) is 0 Å². The molecule has 1 heterocycles. The third-order valence-corrected chi connectivity index (χ3v) is 4.01. The van der Waals surface area contributed by atoms with E-state index in [1.165, 1.54) is 11.1 Å². The molecule has 0 bridgehead atoms. The van der Waals surface area contributed by atoms with Crippen LogP contribution in [-0.4, -0.2) is 60.8 Å². The molecule has 0 aromatic heterocycles. The lowest BCUT2D eigenvalue weighted by Gasteiger charge is -2.32. The van der Waals surface area contributed by atoms with Gasteiger partial charge in [-0.25, -0.2) is 4.79 Å². The minimum absolute atomic E-state index is 0.00253. The van der Waals surface area contributed by atoms with Gasteiger partial charge in [0.2, 0.25) is 0 Å². The quantitative estimate of drug-likeness (QED) is 0.901. The number of nitrogens with one attached hydrogen (secondary N) is 1. The first-order valence-corrected chi connectivity index (χ1v) is 8.76. The number of urea groups is 1. The van der Waals surface area contributed by atoms with Crippen molar-refractivity contribution < 1.29 is 9.53 Å². The van der Waals surface area contributed by atoms with E-state index >= 15 is 0 Å². The van der Waals surface area contributed by atoms with Crippen molar-refractivity contribution in [3.05, 3.63) is 35.4 Å². The summed E-state index contributed by atoms with van der Waals surface area (Å²) in [5.41, 5.74) is 2.15. The van der Waals surface area contributed by atoms with Gasteiger partial charge in [0.05, 0.1) is 13.2 Å². The number of carbonyl (C=O) groups excluding carboxylic acids is 1. The van der Waals surface area contributed by atoms with E-state index in [-0.39, 0.29) is 11.6 Å². The second-order valence-corrected chi connectivity index (χ2v) is 7.54. The second-order valence-electron chi connectivity index (χ2n) is 7.54. The summed E-state index contributed by atoms with van der Waals surface area (Å²) in [4.78, 5) is 17.0. The normalized spacial score (nSPS) is 16.0. The third kappa shape index (κ3) is 6.49. The third-order valence-electron chi connectivity index (χ3n) is 4.01. The molecule has 1 fully saturated rings. The first-order chi connectivity index (χ1) is 11.3. The molecular weight excluding hydrogens is 302 g/mol. The number of carbonyl (C=O) groups is 1. The molecule has 0 radical (unpaired) electrons. The highest BCUT2D eigenvalue weighted by Gasteiger charge is 2.21. The molecule has 0 atom stereocenters. The molecule has 1 N–H and O–H groups in total. The maximum Gasteiger partial charge on any atom is 0.318 e. The number of amides is 2. The Morgan fingerprint density at radius 2 is 2.00 bits per heavy atom. The van der Waals surface area contributed by atoms with Gasteiger partial charge >= 0.3 is 6.03 Å². The van der Waals surface area contributed by atoms with Crippen molar-refractivity contribution in [2.24, 2.45) is 0 Å². The van der Waals surface area contributed by atoms with Gasteiger partial charge in [0, 0.05) is 38.3 Å². The molecule has 2 amide bonds. The summed E-state index contributed by atoms with van der Waals surface area (Å²) in [7, 11) is 0. The van der Waals surface area contributed by atoms with E-state index in [0.29, 0.717) is 6.54 Å². The number of hydrogen-bond donors (Lipinski definition) is 1. The fourth-order valence-electron chi connectivity index (χ4n) is 2.77. The lowest BCUT2D eigenvalue weighted by molar-refractivity contribution is 0.0345. The molecule has 1 aromatic carbocycles. The van der Waals surface area contributed by atoms with Crippen molar-refractivity contribution in [2.45, 2.75) is 39.8 Å². The Balaban J connectivity index is 2.00. The van der Waals surface area contributed by atoms with Crippen LogP contribution in [0.4, 0.5) is 4.79 Å². The highest BCUT2D eigenvalue weighted by Crippen LogP contribution is 2.10. The number of rotatable bonds is 5. The second kappa shape index (κ2) is 8.49. The van der Waals surface area contributed by atoms with Crippen LogP contribution in [0.25, 0.3) is 0 Å². The fourth-order valence-corrected chi connectivity index (χ4v) is 2.77. The summed E-state index contributed by atoms with van der Waals surface area (Å²) in [5, 5.41) is 3.09. The smallest absolute Gasteiger partial charge is 0.318 e. The Hall–Kier alpha value is -1.59. The summed E-state index contributed by atoms with van der Waals surface area (Å²) in [6, 6.07) is 8.35. The van der Waals surface area contributed by atoms with Crippen molar-refractivity contribution >= 4 is 6.03 Å². The number of aryl methyl sites for hydroxylation is 1. The van der Waals surface area contributed by atoms with Gasteiger partial charge in [-0.3, -0.25) is 4.90 Å². The van der Waals surface area contributed by atoms with Crippen molar-refractivity contribution in [3.8, 4) is 0 Å². The summed E-state index contributed by atoms with van der Waals surface area (Å²) < 4.78 is 5.39. The van der Waals surface area contributed by atoms with E-state index < -0.39 is 0 Å². The predicted octanol–water partition coefficient (Wildman–Crippen LogP) is 2.64. The Kier molecular flexibility index (Phi) is 6.63. The average Bonchev–Trinajstić information content (AvgIpc) is 2.50. The number of nitrogens with zero attached hydrogens (tertiary/aromatic N) is 2. The Morgan fingerprint density at radius 3 is 2.62 bits per heavy atom. The first kappa shape index (κ1) is 18.7. The van der Waals surface area contributed by atoms with E-state index in [9.17, 15) is 4.79 Å². The van der Waals surface area contributed by atoms with Gasteiger partial charge in [0.15, 0.2) is 0 Å². The molecule has 24 heavy (non-hydrogen) atoms. The van der Waals surface area contributed by atoms with Crippen LogP contribution in [0.5, 0.6) is 0 Å². The van der Waals surface area contributed by atoms with Crippen LogP contribution in [0.3, 0.4) is 0 Å². The van der Waals surface area contributed by atoms with E-state index in [1.807, 2.05) is 31.7 Å². The highest BCUT2D eigenvalue weighted by atomic mass is 16.5. The number of hydrogen-bond acceptors (Lipinski definition) is 3. The summed E-state index contributed by atoms with van der Waals surface area (Å²) >= 11 is 0. The van der Waals surface area contributed by atoms with Gasteiger partial charge < -0.3 is 15.0 Å². The van der Waals surface area contributed by atoms with E-state index in [0.717, 1.165) is 39.4 Å². The Bertz CT molecular complexity index is 534. The molecule has 0 unspecified atom stereocenters. The highest BCUT2D eigenvalue weighted by molar-refractivity contribution is 5.75. The zero-order valence-corrected chi connectivity index (χ0v) is 15.5. The van der Waals surface area contributed by atoms with Crippen molar-refractivity contribution in [1.82, 2.24) is 15.1 Å². The molecule has 134 valence electrons. The first-order valence-electron chi connectivity index (χ1n) is 8.76. The summed E-state index contributed by atoms with van der Waals surface area (Å²) in [6.45, 7) is 13.8. The zero-order chi connectivity index (χ0) is 17.6. The summed E-state index contributed by atoms with van der Waals surface area (Å²) in [5.74, 6) is 0. The zero-order valence-electron chi connectivity index (χ0n) is 15.5. The van der Waals surface area contributed by atoms with Crippen molar-refractivity contribution in [2.75, 3.05) is 39.4 Å². The SMILES string of the molecule is Cc1cccc(CN(CCN2CCOCC2)C(=O)NC(C)(C)C)c1. The monoisotopic (exact) mass is 333 g/mol. The molecule has 1 aromatic rings. The minimum Gasteiger partial charge on any atom is -0.379 e. The standard InChI is InChI=1S/C19H31N3O2/c1-16-6-5-7-17(14-16)15-22(18(23)20-19(2,3)4)9-8-21-10-12-24-13-11-21/h5-7,14H,8-13,15H2,1-4H3,(H,20,23). The van der Waals surface area contributed by atoms with Crippen LogP contribution in [-0.2, 0) is 11.3 Å². The van der Waals surface area contributed by atoms with Gasteiger partial charge in [-0.2, -0.15) is 0 Å². The lowest BCUT2D eigenvalue weighted by atomic mass is 10.1. The average molecular weight is 333 g/mol. The molecule has 1 saturated heterocycles. The van der Waals surface area contributed by atoms with Gasteiger partial charge in [-0.1, -0.05) is 29.8 Å². The lowest BCUT2D eigenvalue weighted by Crippen LogP contribution is -2.50. The van der Waals surface area contributed by atoms with Crippen molar-refractivity contribution in [3.63, 3.8) is 0 Å². The van der Waals surface area contributed by atoms with Crippen LogP contribution in [0, 0.1) is 6.92 Å². The Labute approximate surface area is 146 Å². The topological polar surface area (TPSA) is 44.8 Å². The fraction of sp³-hybridized carbons (Fsp3) is 0.632. The molecule has 0 aliphatic carbocycles. The van der Waals surface area contributed by atoms with Crippen LogP contribution in [0.1, 0.15) is 31.9 Å². The van der Waals surface area contributed by atoms with E-state index in [4.69, 9.17) is 4.74 Å². The van der Waals surface area contributed by atoms with E-state index in [2.05, 4.69) is 35.3 Å². The molecule has 1 aliphatic heterocycles. The molecule has 0 saturated carbocycles. The van der Waals surface area contributed by atoms with E-state index in [1.54, 1.807) is 0 Å². The molecule has 2 rings (SSSR count). The maximum atomic E-state index is 12.7. The predicted molar refractivity (Wildman–Crippen MR) is 97.1 cm³/mol. The Morgan fingerprint density at radius 1 is 1.29 bits per heavy atom. The number of benzene rings is 1. The van der Waals surface area contributed by atoms with Crippen molar-refractivity contribution in [1.29, 1.82) is 0 Å². The van der Waals surface area contributed by atoms with Gasteiger partial charge in [0.1, 0.15) is 0 Å². The van der Waals surface area contributed by atoms with Crippen LogP contribution in [0.2, 0.25) is 0 Å². The largest absolute Gasteiger partial charge is 0.379 e. The molecule has 5 heteroatoms. The number of morpholine rings is 1. The minimum atomic E-state index is -0.235. The number of ether oxygens (including phenoxy) is 1. The molecule has 5 nitrogen and oxygen atoms in total. The van der Waals surface area contributed by atoms with Gasteiger partial charge in [-0.05, 0) is 33.3 Å². The maximum absolute atomic E-state index is 12.7. The van der Waals surface area contributed by atoms with Crippen LogP contribution >= 0.6 is 0 Å². The molecular formula is C19H31N3O2.